The van der Waals surface area contributed by atoms with Gasteiger partial charge in [-0.1, -0.05) is 18.2 Å². The molecular weight excluding hydrogens is 358 g/mol. The monoisotopic (exact) mass is 379 g/mol. The van der Waals surface area contributed by atoms with Crippen molar-refractivity contribution in [2.24, 2.45) is 0 Å². The van der Waals surface area contributed by atoms with E-state index in [1.165, 1.54) is 12.1 Å². The average Bonchev–Trinajstić information content (AvgIpc) is 2.99. The second-order valence-electron chi connectivity index (χ2n) is 6.32. The highest BCUT2D eigenvalue weighted by Gasteiger charge is 2.18. The van der Waals surface area contributed by atoms with Crippen LogP contribution in [0.2, 0.25) is 0 Å². The summed E-state index contributed by atoms with van der Waals surface area (Å²) in [4.78, 5) is 23.2. The molecule has 2 N–H and O–H groups in total. The highest BCUT2D eigenvalue weighted by atomic mass is 16.6. The molecule has 2 aromatic carbocycles. The zero-order valence-electron chi connectivity index (χ0n) is 15.9. The van der Waals surface area contributed by atoms with E-state index in [-0.39, 0.29) is 23.7 Å². The maximum Gasteiger partial charge on any atom is 0.293 e. The second kappa shape index (κ2) is 7.91. The van der Waals surface area contributed by atoms with Crippen LogP contribution in [0.4, 0.5) is 11.4 Å². The van der Waals surface area contributed by atoms with E-state index in [1.54, 1.807) is 13.1 Å². The number of nitro benzene ring substituents is 1. The normalized spacial score (nSPS) is 10.5. The van der Waals surface area contributed by atoms with Crippen molar-refractivity contribution >= 4 is 17.3 Å². The molecule has 8 heteroatoms. The fourth-order valence-corrected chi connectivity index (χ4v) is 3.06. The predicted molar refractivity (Wildman–Crippen MR) is 107 cm³/mol. The average molecular weight is 379 g/mol. The Hall–Kier alpha value is -3.68. The van der Waals surface area contributed by atoms with Crippen LogP contribution in [0.1, 0.15) is 27.3 Å². The smallest absolute Gasteiger partial charge is 0.293 e. The van der Waals surface area contributed by atoms with Crippen molar-refractivity contribution in [1.29, 1.82) is 0 Å². The van der Waals surface area contributed by atoms with Crippen molar-refractivity contribution in [3.8, 4) is 5.69 Å². The lowest BCUT2D eigenvalue weighted by molar-refractivity contribution is -0.384. The zero-order chi connectivity index (χ0) is 20.3. The molecule has 0 fully saturated rings. The largest absolute Gasteiger partial charge is 0.383 e. The molecule has 0 aliphatic heterocycles. The molecule has 0 aliphatic rings. The molecule has 3 aromatic rings. The van der Waals surface area contributed by atoms with Gasteiger partial charge in [0.05, 0.1) is 16.3 Å². The Morgan fingerprint density at radius 3 is 2.54 bits per heavy atom. The fraction of sp³-hybridized carbons (Fsp3) is 0.200. The van der Waals surface area contributed by atoms with Crippen molar-refractivity contribution < 1.29 is 9.72 Å². The van der Waals surface area contributed by atoms with Crippen molar-refractivity contribution in [1.82, 2.24) is 15.1 Å². The molecule has 8 nitrogen and oxygen atoms in total. The number of benzene rings is 2. The molecule has 1 heterocycles. The SMILES string of the molecule is CNc1ccc(C(=O)NCc2c(C)nn(-c3ccccc3)c2C)cc1[N+](=O)[O-]. The first-order valence-corrected chi connectivity index (χ1v) is 8.77. The van der Waals surface area contributed by atoms with Gasteiger partial charge in [0.25, 0.3) is 11.6 Å². The Labute approximate surface area is 162 Å². The Morgan fingerprint density at radius 2 is 1.89 bits per heavy atom. The fourth-order valence-electron chi connectivity index (χ4n) is 3.06. The number of nitrogens with zero attached hydrogens (tertiary/aromatic N) is 3. The van der Waals surface area contributed by atoms with Crippen LogP contribution in [0.25, 0.3) is 5.69 Å². The van der Waals surface area contributed by atoms with E-state index >= 15 is 0 Å². The maximum atomic E-state index is 12.5. The first kappa shape index (κ1) is 19.1. The van der Waals surface area contributed by atoms with Gasteiger partial charge in [0.1, 0.15) is 5.69 Å². The molecule has 0 unspecified atom stereocenters. The maximum absolute atomic E-state index is 12.5. The Balaban J connectivity index is 1.80. The lowest BCUT2D eigenvalue weighted by Gasteiger charge is -2.08. The minimum atomic E-state index is -0.513. The molecule has 0 saturated carbocycles. The van der Waals surface area contributed by atoms with Crippen LogP contribution in [-0.2, 0) is 6.54 Å². The van der Waals surface area contributed by atoms with Crippen molar-refractivity contribution in [3.05, 3.63) is 81.2 Å². The summed E-state index contributed by atoms with van der Waals surface area (Å²) in [5.41, 5.74) is 4.06. The first-order valence-electron chi connectivity index (χ1n) is 8.77. The van der Waals surface area contributed by atoms with E-state index in [9.17, 15) is 14.9 Å². The van der Waals surface area contributed by atoms with Gasteiger partial charge in [0.15, 0.2) is 0 Å². The molecular formula is C20H21N5O3. The Morgan fingerprint density at radius 1 is 1.18 bits per heavy atom. The molecule has 1 aromatic heterocycles. The molecule has 0 radical (unpaired) electrons. The summed E-state index contributed by atoms with van der Waals surface area (Å²) in [6.07, 6.45) is 0. The third kappa shape index (κ3) is 3.71. The highest BCUT2D eigenvalue weighted by Crippen LogP contribution is 2.25. The highest BCUT2D eigenvalue weighted by molar-refractivity contribution is 5.95. The van der Waals surface area contributed by atoms with Crippen LogP contribution < -0.4 is 10.6 Å². The Kier molecular flexibility index (Phi) is 5.39. The number of carbonyl (C=O) groups is 1. The van der Waals surface area contributed by atoms with E-state index in [0.29, 0.717) is 5.69 Å². The van der Waals surface area contributed by atoms with Gasteiger partial charge < -0.3 is 10.6 Å². The molecule has 1 amide bonds. The number of amides is 1. The molecule has 3 rings (SSSR count). The van der Waals surface area contributed by atoms with Gasteiger partial charge in [-0.15, -0.1) is 0 Å². The number of carbonyl (C=O) groups excluding carboxylic acids is 1. The Bertz CT molecular complexity index is 1030. The van der Waals surface area contributed by atoms with E-state index in [1.807, 2.05) is 48.9 Å². The summed E-state index contributed by atoms with van der Waals surface area (Å²) in [7, 11) is 1.60. The number of nitrogens with one attached hydrogen (secondary N) is 2. The summed E-state index contributed by atoms with van der Waals surface area (Å²) in [5, 5.41) is 21.3. The van der Waals surface area contributed by atoms with Crippen LogP contribution in [0, 0.1) is 24.0 Å². The summed E-state index contributed by atoms with van der Waals surface area (Å²) < 4.78 is 1.84. The van der Waals surface area contributed by atoms with Gasteiger partial charge in [0, 0.05) is 36.5 Å². The molecule has 0 atom stereocenters. The minimum absolute atomic E-state index is 0.139. The van der Waals surface area contributed by atoms with Crippen LogP contribution in [0.15, 0.2) is 48.5 Å². The van der Waals surface area contributed by atoms with Gasteiger partial charge in [0.2, 0.25) is 0 Å². The first-order chi connectivity index (χ1) is 13.4. The minimum Gasteiger partial charge on any atom is -0.383 e. The molecule has 0 spiro atoms. The topological polar surface area (TPSA) is 102 Å². The standard InChI is InChI=1S/C20H21N5O3/c1-13-17(14(2)24(23-13)16-7-5-4-6-8-16)12-22-20(26)15-9-10-18(21-3)19(11-15)25(27)28/h4-11,21H,12H2,1-3H3,(H,22,26). The van der Waals surface area contributed by atoms with Gasteiger partial charge >= 0.3 is 0 Å². The van der Waals surface area contributed by atoms with Crippen LogP contribution in [0.3, 0.4) is 0 Å². The van der Waals surface area contributed by atoms with E-state index in [2.05, 4.69) is 15.7 Å². The van der Waals surface area contributed by atoms with Crippen molar-refractivity contribution in [3.63, 3.8) is 0 Å². The number of anilines is 1. The van der Waals surface area contributed by atoms with E-state index in [4.69, 9.17) is 0 Å². The van der Waals surface area contributed by atoms with E-state index in [0.717, 1.165) is 22.6 Å². The number of aromatic nitrogens is 2. The number of aryl methyl sites for hydroxylation is 1. The molecule has 0 saturated heterocycles. The van der Waals surface area contributed by atoms with Crippen LogP contribution in [-0.4, -0.2) is 27.7 Å². The molecule has 144 valence electrons. The summed E-state index contributed by atoms with van der Waals surface area (Å²) in [6, 6.07) is 14.1. The summed E-state index contributed by atoms with van der Waals surface area (Å²) >= 11 is 0. The number of rotatable bonds is 6. The van der Waals surface area contributed by atoms with Crippen LogP contribution >= 0.6 is 0 Å². The van der Waals surface area contributed by atoms with Crippen molar-refractivity contribution in [2.75, 3.05) is 12.4 Å². The molecule has 0 bridgehead atoms. The zero-order valence-corrected chi connectivity index (χ0v) is 15.9. The number of hydrogen-bond donors (Lipinski definition) is 2. The third-order valence-corrected chi connectivity index (χ3v) is 4.59. The van der Waals surface area contributed by atoms with Gasteiger partial charge in [-0.2, -0.15) is 5.10 Å². The predicted octanol–water partition coefficient (Wildman–Crippen LogP) is 3.37. The quantitative estimate of drug-likeness (QED) is 0.505. The summed E-state index contributed by atoms with van der Waals surface area (Å²) in [6.45, 7) is 4.12. The molecule has 0 aliphatic carbocycles. The van der Waals surface area contributed by atoms with Gasteiger partial charge in [-0.25, -0.2) is 4.68 Å². The summed E-state index contributed by atoms with van der Waals surface area (Å²) in [5.74, 6) is -0.378. The number of nitro groups is 1. The van der Waals surface area contributed by atoms with Gasteiger partial charge in [-0.05, 0) is 38.1 Å². The van der Waals surface area contributed by atoms with Crippen molar-refractivity contribution in [2.45, 2.75) is 20.4 Å². The lowest BCUT2D eigenvalue weighted by atomic mass is 10.1. The second-order valence-corrected chi connectivity index (χ2v) is 6.32. The molecule has 28 heavy (non-hydrogen) atoms. The lowest BCUT2D eigenvalue weighted by Crippen LogP contribution is -2.23. The third-order valence-electron chi connectivity index (χ3n) is 4.59. The number of para-hydroxylation sites is 1. The van der Waals surface area contributed by atoms with Gasteiger partial charge in [-0.3, -0.25) is 14.9 Å². The van der Waals surface area contributed by atoms with E-state index < -0.39 is 4.92 Å². The van der Waals surface area contributed by atoms with Crippen LogP contribution in [0.5, 0.6) is 0 Å². The number of hydrogen-bond acceptors (Lipinski definition) is 5.